The number of allylic oxidation sites excluding steroid dienone is 1. The summed E-state index contributed by atoms with van der Waals surface area (Å²) in [6, 6.07) is 6.29. The first-order valence-electron chi connectivity index (χ1n) is 9.09. The van der Waals surface area contributed by atoms with Crippen molar-refractivity contribution in [3.05, 3.63) is 46.8 Å². The lowest BCUT2D eigenvalue weighted by Crippen LogP contribution is -2.10. The van der Waals surface area contributed by atoms with Crippen LogP contribution in [0, 0.1) is 20.8 Å². The fourth-order valence-corrected chi connectivity index (χ4v) is 3.16. The lowest BCUT2D eigenvalue weighted by atomic mass is 9.97. The Morgan fingerprint density at radius 1 is 1.00 bits per heavy atom. The van der Waals surface area contributed by atoms with Crippen LogP contribution in [0.25, 0.3) is 0 Å². The second-order valence-corrected chi connectivity index (χ2v) is 6.76. The van der Waals surface area contributed by atoms with Gasteiger partial charge in [-0.05, 0) is 64.5 Å². The second-order valence-electron chi connectivity index (χ2n) is 6.76. The van der Waals surface area contributed by atoms with Crippen LogP contribution < -0.4 is 10.6 Å². The number of rotatable bonds is 6. The van der Waals surface area contributed by atoms with Crippen LogP contribution in [0.4, 0.5) is 17.6 Å². The molecule has 1 aromatic heterocycles. The highest BCUT2D eigenvalue weighted by atomic mass is 15.2. The molecular weight excluding hydrogens is 310 g/mol. The molecule has 0 saturated heterocycles. The Kier molecular flexibility index (Phi) is 5.64. The summed E-state index contributed by atoms with van der Waals surface area (Å²) >= 11 is 0. The topological polar surface area (TPSA) is 62.7 Å². The molecule has 3 rings (SSSR count). The van der Waals surface area contributed by atoms with Gasteiger partial charge in [-0.1, -0.05) is 29.3 Å². The molecule has 0 saturated carbocycles. The van der Waals surface area contributed by atoms with Crippen molar-refractivity contribution < 1.29 is 0 Å². The Labute approximate surface area is 150 Å². The quantitative estimate of drug-likeness (QED) is 0.738. The van der Waals surface area contributed by atoms with Gasteiger partial charge in [-0.2, -0.15) is 15.0 Å². The van der Waals surface area contributed by atoms with Gasteiger partial charge in [0.25, 0.3) is 0 Å². The van der Waals surface area contributed by atoms with E-state index in [1.165, 1.54) is 36.8 Å². The van der Waals surface area contributed by atoms with E-state index in [9.17, 15) is 0 Å². The van der Waals surface area contributed by atoms with Crippen molar-refractivity contribution in [1.29, 1.82) is 0 Å². The molecule has 5 nitrogen and oxygen atoms in total. The third-order valence-corrected chi connectivity index (χ3v) is 4.49. The number of anilines is 3. The summed E-state index contributed by atoms with van der Waals surface area (Å²) in [5, 5.41) is 6.65. The molecule has 1 heterocycles. The van der Waals surface area contributed by atoms with Crippen molar-refractivity contribution in [3.63, 3.8) is 0 Å². The molecule has 0 atom stereocenters. The summed E-state index contributed by atoms with van der Waals surface area (Å²) in [4.78, 5) is 13.3. The monoisotopic (exact) mass is 337 g/mol. The van der Waals surface area contributed by atoms with Gasteiger partial charge >= 0.3 is 0 Å². The zero-order chi connectivity index (χ0) is 17.6. The Morgan fingerprint density at radius 2 is 1.84 bits per heavy atom. The van der Waals surface area contributed by atoms with Crippen LogP contribution in [-0.2, 0) is 0 Å². The van der Waals surface area contributed by atoms with Gasteiger partial charge in [0.15, 0.2) is 0 Å². The Hall–Kier alpha value is -2.43. The van der Waals surface area contributed by atoms with Gasteiger partial charge in [0.2, 0.25) is 11.9 Å². The van der Waals surface area contributed by atoms with Gasteiger partial charge in [0.05, 0.1) is 0 Å². The van der Waals surface area contributed by atoms with Gasteiger partial charge in [-0.3, -0.25) is 0 Å². The number of benzene rings is 1. The van der Waals surface area contributed by atoms with Crippen molar-refractivity contribution in [1.82, 2.24) is 15.0 Å². The highest BCUT2D eigenvalue weighted by molar-refractivity contribution is 5.59. The molecule has 1 aromatic carbocycles. The maximum absolute atomic E-state index is 4.51. The standard InChI is InChI=1S/C20H27N5/c1-14-9-10-18(15(2)13-14)24-20-23-16(3)22-19(25-20)21-12-11-17-7-5-4-6-8-17/h7,9-10,13H,4-6,8,11-12H2,1-3H3,(H2,21,22,23,24,25). The summed E-state index contributed by atoms with van der Waals surface area (Å²) in [7, 11) is 0. The summed E-state index contributed by atoms with van der Waals surface area (Å²) in [5.74, 6) is 1.93. The van der Waals surface area contributed by atoms with E-state index in [0.29, 0.717) is 17.7 Å². The van der Waals surface area contributed by atoms with E-state index < -0.39 is 0 Å². The maximum atomic E-state index is 4.51. The number of hydrogen-bond donors (Lipinski definition) is 2. The highest BCUT2D eigenvalue weighted by Gasteiger charge is 2.07. The predicted octanol–water partition coefficient (Wildman–Crippen LogP) is 4.84. The molecule has 0 radical (unpaired) electrons. The molecule has 132 valence electrons. The average molecular weight is 337 g/mol. The lowest BCUT2D eigenvalue weighted by Gasteiger charge is -2.14. The van der Waals surface area contributed by atoms with Crippen molar-refractivity contribution in [2.24, 2.45) is 0 Å². The Bertz CT molecular complexity index is 767. The first kappa shape index (κ1) is 17.4. The minimum atomic E-state index is 0.582. The predicted molar refractivity (Wildman–Crippen MR) is 103 cm³/mol. The van der Waals surface area contributed by atoms with Gasteiger partial charge in [-0.25, -0.2) is 0 Å². The van der Waals surface area contributed by atoms with Crippen LogP contribution in [-0.4, -0.2) is 21.5 Å². The number of aromatic nitrogens is 3. The molecule has 0 amide bonds. The smallest absolute Gasteiger partial charge is 0.232 e. The van der Waals surface area contributed by atoms with Gasteiger partial charge < -0.3 is 10.6 Å². The summed E-state index contributed by atoms with van der Waals surface area (Å²) in [6.45, 7) is 6.93. The van der Waals surface area contributed by atoms with E-state index in [0.717, 1.165) is 18.7 Å². The van der Waals surface area contributed by atoms with Crippen LogP contribution in [0.15, 0.2) is 29.8 Å². The Morgan fingerprint density at radius 3 is 2.60 bits per heavy atom. The van der Waals surface area contributed by atoms with E-state index in [1.54, 1.807) is 5.57 Å². The van der Waals surface area contributed by atoms with Crippen LogP contribution >= 0.6 is 0 Å². The Balaban J connectivity index is 1.64. The van der Waals surface area contributed by atoms with E-state index in [2.05, 4.69) is 63.7 Å². The zero-order valence-electron chi connectivity index (χ0n) is 15.4. The molecule has 0 aliphatic heterocycles. The molecule has 1 aliphatic carbocycles. The van der Waals surface area contributed by atoms with Gasteiger partial charge in [0, 0.05) is 12.2 Å². The van der Waals surface area contributed by atoms with Crippen molar-refractivity contribution in [2.75, 3.05) is 17.2 Å². The zero-order valence-corrected chi connectivity index (χ0v) is 15.4. The third kappa shape index (κ3) is 5.02. The molecule has 25 heavy (non-hydrogen) atoms. The van der Waals surface area contributed by atoms with E-state index in [1.807, 2.05) is 6.92 Å². The third-order valence-electron chi connectivity index (χ3n) is 4.49. The summed E-state index contributed by atoms with van der Waals surface area (Å²) < 4.78 is 0. The number of aryl methyl sites for hydroxylation is 3. The first-order chi connectivity index (χ1) is 12.1. The summed E-state index contributed by atoms with van der Waals surface area (Å²) in [6.07, 6.45) is 8.56. The fraction of sp³-hybridized carbons (Fsp3) is 0.450. The van der Waals surface area contributed by atoms with Gasteiger partial charge in [0.1, 0.15) is 5.82 Å². The van der Waals surface area contributed by atoms with Crippen LogP contribution in [0.2, 0.25) is 0 Å². The molecule has 2 N–H and O–H groups in total. The number of nitrogens with one attached hydrogen (secondary N) is 2. The van der Waals surface area contributed by atoms with Crippen molar-refractivity contribution in [3.8, 4) is 0 Å². The van der Waals surface area contributed by atoms with E-state index in [-0.39, 0.29) is 0 Å². The largest absolute Gasteiger partial charge is 0.354 e. The lowest BCUT2D eigenvalue weighted by molar-refractivity contribution is 0.679. The molecule has 1 aliphatic rings. The van der Waals surface area contributed by atoms with E-state index in [4.69, 9.17) is 0 Å². The molecule has 0 fully saturated rings. The molecule has 0 unspecified atom stereocenters. The van der Waals surface area contributed by atoms with Gasteiger partial charge in [-0.15, -0.1) is 0 Å². The van der Waals surface area contributed by atoms with Crippen LogP contribution in [0.3, 0.4) is 0 Å². The molecule has 0 bridgehead atoms. The molecule has 2 aromatic rings. The fourth-order valence-electron chi connectivity index (χ4n) is 3.16. The molecule has 5 heteroatoms. The molecular formula is C20H27N5. The number of hydrogen-bond acceptors (Lipinski definition) is 5. The first-order valence-corrected chi connectivity index (χ1v) is 9.09. The van der Waals surface area contributed by atoms with E-state index >= 15 is 0 Å². The second kappa shape index (κ2) is 8.10. The minimum Gasteiger partial charge on any atom is -0.354 e. The molecule has 0 spiro atoms. The highest BCUT2D eigenvalue weighted by Crippen LogP contribution is 2.21. The van der Waals surface area contributed by atoms with Crippen molar-refractivity contribution >= 4 is 17.6 Å². The normalized spacial score (nSPS) is 14.1. The SMILES string of the molecule is Cc1ccc(Nc2nc(C)nc(NCCC3=CCCCC3)n2)c(C)c1. The maximum Gasteiger partial charge on any atom is 0.232 e. The average Bonchev–Trinajstić information content (AvgIpc) is 2.58. The van der Waals surface area contributed by atoms with Crippen molar-refractivity contribution in [2.45, 2.75) is 52.9 Å². The minimum absolute atomic E-state index is 0.582. The van der Waals surface area contributed by atoms with Crippen LogP contribution in [0.5, 0.6) is 0 Å². The summed E-state index contributed by atoms with van der Waals surface area (Å²) in [5.41, 5.74) is 5.00. The number of nitrogens with zero attached hydrogens (tertiary/aromatic N) is 3. The van der Waals surface area contributed by atoms with Crippen LogP contribution in [0.1, 0.15) is 49.1 Å².